The first kappa shape index (κ1) is 20.5. The number of methoxy groups -OCH3 is 1. The molecule has 3 atom stereocenters. The molecule has 0 N–H and O–H groups in total. The van der Waals surface area contributed by atoms with Crippen molar-refractivity contribution in [3.63, 3.8) is 0 Å². The molecule has 0 amide bonds. The minimum atomic E-state index is -1.55. The number of piperidine rings is 1. The van der Waals surface area contributed by atoms with Crippen LogP contribution in [0.5, 0.6) is 0 Å². The zero-order valence-corrected chi connectivity index (χ0v) is 16.3. The van der Waals surface area contributed by atoms with Gasteiger partial charge in [-0.15, -0.1) is 0 Å². The molecule has 0 radical (unpaired) electrons. The SMILES string of the molecule is CCCOC(=O)C[C@@]1(C(=O)OC)C(=O)C[C@H]2CC[C@H]1N2Cc1ccc(F)cc1. The van der Waals surface area contributed by atoms with Crippen LogP contribution in [-0.2, 0) is 30.4 Å². The summed E-state index contributed by atoms with van der Waals surface area (Å²) in [6.07, 6.45) is 1.92. The van der Waals surface area contributed by atoms with Gasteiger partial charge < -0.3 is 9.47 Å². The summed E-state index contributed by atoms with van der Waals surface area (Å²) in [4.78, 5) is 40.3. The lowest BCUT2D eigenvalue weighted by Crippen LogP contribution is -2.61. The second kappa shape index (κ2) is 8.39. The molecule has 2 heterocycles. The van der Waals surface area contributed by atoms with Crippen molar-refractivity contribution >= 4 is 17.7 Å². The van der Waals surface area contributed by atoms with Crippen LogP contribution >= 0.6 is 0 Å². The fourth-order valence-electron chi connectivity index (χ4n) is 4.52. The molecule has 2 bridgehead atoms. The van der Waals surface area contributed by atoms with Crippen LogP contribution in [-0.4, -0.2) is 48.4 Å². The number of esters is 2. The maximum Gasteiger partial charge on any atom is 0.321 e. The number of ketones is 1. The number of carbonyl (C=O) groups is 3. The van der Waals surface area contributed by atoms with Gasteiger partial charge >= 0.3 is 11.9 Å². The molecule has 1 aromatic carbocycles. The zero-order chi connectivity index (χ0) is 20.3. The number of rotatable bonds is 7. The summed E-state index contributed by atoms with van der Waals surface area (Å²) in [5.74, 6) is -1.81. The summed E-state index contributed by atoms with van der Waals surface area (Å²) in [5, 5.41) is 0. The molecule has 2 fully saturated rings. The van der Waals surface area contributed by atoms with Crippen molar-refractivity contribution in [2.45, 2.75) is 57.7 Å². The van der Waals surface area contributed by atoms with Crippen LogP contribution in [0, 0.1) is 11.2 Å². The lowest BCUT2D eigenvalue weighted by molar-refractivity contribution is -0.173. The second-order valence-electron chi connectivity index (χ2n) is 7.53. The van der Waals surface area contributed by atoms with Gasteiger partial charge in [0.25, 0.3) is 0 Å². The van der Waals surface area contributed by atoms with Gasteiger partial charge in [0.15, 0.2) is 11.2 Å². The van der Waals surface area contributed by atoms with Crippen LogP contribution in [0.3, 0.4) is 0 Å². The predicted octanol–water partition coefficient (Wildman–Crippen LogP) is 2.63. The summed E-state index contributed by atoms with van der Waals surface area (Å²) in [5.41, 5.74) is -0.660. The van der Waals surface area contributed by atoms with Crippen molar-refractivity contribution in [1.82, 2.24) is 4.90 Å². The quantitative estimate of drug-likeness (QED) is 0.526. The van der Waals surface area contributed by atoms with E-state index in [2.05, 4.69) is 4.90 Å². The minimum absolute atomic E-state index is 0.00648. The molecule has 3 rings (SSSR count). The molecule has 0 unspecified atom stereocenters. The first-order valence-electron chi connectivity index (χ1n) is 9.70. The molecule has 2 aliphatic heterocycles. The first-order chi connectivity index (χ1) is 13.4. The number of ether oxygens (including phenoxy) is 2. The Labute approximate surface area is 164 Å². The maximum atomic E-state index is 13.2. The lowest BCUT2D eigenvalue weighted by atomic mass is 9.70. The van der Waals surface area contributed by atoms with Gasteiger partial charge in [-0.1, -0.05) is 19.1 Å². The van der Waals surface area contributed by atoms with E-state index >= 15 is 0 Å². The van der Waals surface area contributed by atoms with Crippen LogP contribution in [0.2, 0.25) is 0 Å². The van der Waals surface area contributed by atoms with Crippen molar-refractivity contribution in [1.29, 1.82) is 0 Å². The Morgan fingerprint density at radius 1 is 1.25 bits per heavy atom. The van der Waals surface area contributed by atoms with Gasteiger partial charge in [-0.05, 0) is 37.0 Å². The molecule has 28 heavy (non-hydrogen) atoms. The van der Waals surface area contributed by atoms with Crippen molar-refractivity contribution in [3.8, 4) is 0 Å². The van der Waals surface area contributed by atoms with Crippen LogP contribution < -0.4 is 0 Å². The van der Waals surface area contributed by atoms with E-state index in [-0.39, 0.29) is 37.1 Å². The highest BCUT2D eigenvalue weighted by molar-refractivity contribution is 6.08. The number of hydrogen-bond donors (Lipinski definition) is 0. The van der Waals surface area contributed by atoms with E-state index in [1.54, 1.807) is 12.1 Å². The van der Waals surface area contributed by atoms with Gasteiger partial charge in [0, 0.05) is 25.0 Å². The molecular weight excluding hydrogens is 365 g/mol. The predicted molar refractivity (Wildman–Crippen MR) is 98.7 cm³/mol. The van der Waals surface area contributed by atoms with Crippen LogP contribution in [0.15, 0.2) is 24.3 Å². The van der Waals surface area contributed by atoms with E-state index in [0.29, 0.717) is 19.4 Å². The Morgan fingerprint density at radius 2 is 1.96 bits per heavy atom. The number of benzene rings is 1. The Kier molecular flexibility index (Phi) is 6.13. The summed E-state index contributed by atoms with van der Waals surface area (Å²) in [7, 11) is 1.24. The highest BCUT2D eigenvalue weighted by Gasteiger charge is 2.62. The molecule has 6 nitrogen and oxygen atoms in total. The van der Waals surface area contributed by atoms with E-state index in [1.807, 2.05) is 6.92 Å². The number of halogens is 1. The van der Waals surface area contributed by atoms with E-state index in [1.165, 1.54) is 19.2 Å². The van der Waals surface area contributed by atoms with Gasteiger partial charge in [-0.3, -0.25) is 19.3 Å². The molecule has 0 aromatic heterocycles. The average Bonchev–Trinajstić information content (AvgIpc) is 3.00. The largest absolute Gasteiger partial charge is 0.468 e. The number of Topliss-reactive ketones (excluding diaryl/α,β-unsaturated/α-hetero) is 1. The Hall–Kier alpha value is -2.28. The third-order valence-electron chi connectivity index (χ3n) is 5.85. The number of fused-ring (bicyclic) bond motifs is 2. The topological polar surface area (TPSA) is 72.9 Å². The van der Waals surface area contributed by atoms with Crippen molar-refractivity contribution in [2.75, 3.05) is 13.7 Å². The van der Waals surface area contributed by atoms with Gasteiger partial charge in [-0.2, -0.15) is 0 Å². The van der Waals surface area contributed by atoms with E-state index in [0.717, 1.165) is 12.0 Å². The molecule has 152 valence electrons. The molecule has 0 aliphatic carbocycles. The molecule has 0 spiro atoms. The second-order valence-corrected chi connectivity index (χ2v) is 7.53. The Morgan fingerprint density at radius 3 is 2.61 bits per heavy atom. The van der Waals surface area contributed by atoms with E-state index in [9.17, 15) is 18.8 Å². The summed E-state index contributed by atoms with van der Waals surface area (Å²) >= 11 is 0. The van der Waals surface area contributed by atoms with Crippen molar-refractivity contribution in [3.05, 3.63) is 35.6 Å². The van der Waals surface area contributed by atoms with Crippen LogP contribution in [0.4, 0.5) is 4.39 Å². The highest BCUT2D eigenvalue weighted by atomic mass is 19.1. The Bertz CT molecular complexity index is 750. The number of nitrogens with zero attached hydrogens (tertiary/aromatic N) is 1. The van der Waals surface area contributed by atoms with Crippen molar-refractivity contribution < 1.29 is 28.2 Å². The molecule has 1 aromatic rings. The monoisotopic (exact) mass is 391 g/mol. The number of hydrogen-bond acceptors (Lipinski definition) is 6. The minimum Gasteiger partial charge on any atom is -0.468 e. The van der Waals surface area contributed by atoms with Crippen LogP contribution in [0.25, 0.3) is 0 Å². The van der Waals surface area contributed by atoms with Gasteiger partial charge in [0.2, 0.25) is 0 Å². The lowest BCUT2D eigenvalue weighted by Gasteiger charge is -2.45. The summed E-state index contributed by atoms with van der Waals surface area (Å²) in [6, 6.07) is 5.74. The summed E-state index contributed by atoms with van der Waals surface area (Å²) < 4.78 is 23.4. The van der Waals surface area contributed by atoms with Gasteiger partial charge in [0.1, 0.15) is 5.82 Å². The third-order valence-corrected chi connectivity index (χ3v) is 5.85. The van der Waals surface area contributed by atoms with Crippen LogP contribution in [0.1, 0.15) is 44.6 Å². The molecule has 2 saturated heterocycles. The molecule has 2 aliphatic rings. The zero-order valence-electron chi connectivity index (χ0n) is 16.3. The van der Waals surface area contributed by atoms with Gasteiger partial charge in [-0.25, -0.2) is 4.39 Å². The maximum absolute atomic E-state index is 13.2. The van der Waals surface area contributed by atoms with E-state index < -0.39 is 23.4 Å². The average molecular weight is 391 g/mol. The molecular formula is C21H26FNO5. The first-order valence-corrected chi connectivity index (χ1v) is 9.70. The molecule has 0 saturated carbocycles. The smallest absolute Gasteiger partial charge is 0.321 e. The third kappa shape index (κ3) is 3.68. The fraction of sp³-hybridized carbons (Fsp3) is 0.571. The van der Waals surface area contributed by atoms with Gasteiger partial charge in [0.05, 0.1) is 20.1 Å². The fourth-order valence-corrected chi connectivity index (χ4v) is 4.52. The number of carbonyl (C=O) groups excluding carboxylic acids is 3. The van der Waals surface area contributed by atoms with E-state index in [4.69, 9.17) is 9.47 Å². The Balaban J connectivity index is 1.91. The van der Waals surface area contributed by atoms with Crippen molar-refractivity contribution in [2.24, 2.45) is 5.41 Å². The molecule has 7 heteroatoms. The standard InChI is InChI=1S/C21H26FNO5/c1-3-10-28-19(25)12-21(20(26)27-2)17-9-8-16(11-18(21)24)23(17)13-14-4-6-15(22)7-5-14/h4-7,16-17H,3,8-13H2,1-2H3/t16-,17-,21+/m1/s1. The summed E-state index contributed by atoms with van der Waals surface area (Å²) in [6.45, 7) is 2.60. The normalized spacial score (nSPS) is 26.9. The highest BCUT2D eigenvalue weighted by Crippen LogP contribution is 2.48.